The second kappa shape index (κ2) is 14.5. The minimum Gasteiger partial charge on any atom is -0.309 e. The molecule has 0 unspecified atom stereocenters. The van der Waals surface area contributed by atoms with Crippen molar-refractivity contribution in [2.24, 2.45) is 0 Å². The van der Waals surface area contributed by atoms with Crippen LogP contribution in [0.4, 0.5) is 0 Å². The molecule has 0 amide bonds. The van der Waals surface area contributed by atoms with Crippen molar-refractivity contribution in [3.05, 3.63) is 224 Å². The van der Waals surface area contributed by atoms with Crippen LogP contribution in [0.2, 0.25) is 0 Å². The van der Waals surface area contributed by atoms with E-state index in [1.54, 1.807) is 0 Å². The van der Waals surface area contributed by atoms with Gasteiger partial charge in [-0.25, -0.2) is 15.0 Å². The van der Waals surface area contributed by atoms with Crippen molar-refractivity contribution in [3.63, 3.8) is 0 Å². The molecular weight excluding hydrogens is 779 g/mol. The van der Waals surface area contributed by atoms with Crippen LogP contribution in [0.3, 0.4) is 0 Å². The molecule has 64 heavy (non-hydrogen) atoms. The van der Waals surface area contributed by atoms with Crippen LogP contribution in [-0.2, 0) is 0 Å². The molecule has 0 N–H and O–H groups in total. The number of rotatable bonds is 6. The second-order valence-corrected chi connectivity index (χ2v) is 16.4. The number of nitrogens with zero attached hydrogens (tertiary/aromatic N) is 5. The summed E-state index contributed by atoms with van der Waals surface area (Å²) in [6.07, 6.45) is 0. The van der Waals surface area contributed by atoms with Gasteiger partial charge >= 0.3 is 0 Å². The van der Waals surface area contributed by atoms with Gasteiger partial charge in [0.25, 0.3) is 0 Å². The molecule has 10 aromatic carbocycles. The first-order chi connectivity index (χ1) is 31.7. The summed E-state index contributed by atoms with van der Waals surface area (Å²) in [5.74, 6) is 1.86. The van der Waals surface area contributed by atoms with Crippen LogP contribution in [-0.4, -0.2) is 24.1 Å². The molecule has 0 fully saturated rings. The van der Waals surface area contributed by atoms with E-state index < -0.39 is 0 Å². The van der Waals surface area contributed by atoms with E-state index in [0.29, 0.717) is 17.5 Å². The van der Waals surface area contributed by atoms with Gasteiger partial charge in [-0.1, -0.05) is 176 Å². The van der Waals surface area contributed by atoms with E-state index in [9.17, 15) is 0 Å². The van der Waals surface area contributed by atoms with Gasteiger partial charge in [0.05, 0.1) is 27.8 Å². The maximum absolute atomic E-state index is 5.44. The molecule has 0 spiro atoms. The minimum absolute atomic E-state index is 0.617. The zero-order chi connectivity index (χ0) is 42.1. The topological polar surface area (TPSA) is 48.5 Å². The Morgan fingerprint density at radius 3 is 1.61 bits per heavy atom. The molecule has 0 aliphatic carbocycles. The van der Waals surface area contributed by atoms with Gasteiger partial charge < -0.3 is 9.13 Å². The monoisotopic (exact) mass is 815 g/mol. The van der Waals surface area contributed by atoms with Crippen LogP contribution in [0.15, 0.2) is 224 Å². The third kappa shape index (κ3) is 5.68. The van der Waals surface area contributed by atoms with Crippen LogP contribution in [0.5, 0.6) is 0 Å². The molecule has 13 rings (SSSR count). The van der Waals surface area contributed by atoms with E-state index in [2.05, 4.69) is 228 Å². The lowest BCUT2D eigenvalue weighted by Crippen LogP contribution is -2.02. The number of fused-ring (bicyclic) bond motifs is 8. The van der Waals surface area contributed by atoms with Crippen molar-refractivity contribution in [2.45, 2.75) is 0 Å². The lowest BCUT2D eigenvalue weighted by molar-refractivity contribution is 1.08. The summed E-state index contributed by atoms with van der Waals surface area (Å²) < 4.78 is 4.76. The van der Waals surface area contributed by atoms with Crippen molar-refractivity contribution in [1.82, 2.24) is 24.1 Å². The van der Waals surface area contributed by atoms with Crippen LogP contribution in [0, 0.1) is 0 Å². The third-order valence-corrected chi connectivity index (χ3v) is 12.8. The van der Waals surface area contributed by atoms with Crippen LogP contribution in [0.1, 0.15) is 0 Å². The zero-order valence-corrected chi connectivity index (χ0v) is 34.6. The van der Waals surface area contributed by atoms with Crippen LogP contribution < -0.4 is 0 Å². The van der Waals surface area contributed by atoms with E-state index >= 15 is 0 Å². The highest BCUT2D eigenvalue weighted by Crippen LogP contribution is 2.41. The van der Waals surface area contributed by atoms with Gasteiger partial charge in [0.15, 0.2) is 17.5 Å². The van der Waals surface area contributed by atoms with Crippen LogP contribution >= 0.6 is 0 Å². The maximum atomic E-state index is 5.44. The largest absolute Gasteiger partial charge is 0.309 e. The fourth-order valence-electron chi connectivity index (χ4n) is 9.85. The average molecular weight is 816 g/mol. The summed E-state index contributed by atoms with van der Waals surface area (Å²) in [6, 6.07) is 79.8. The van der Waals surface area contributed by atoms with Crippen LogP contribution in [0.25, 0.3) is 122 Å². The molecule has 0 aliphatic heterocycles. The molecular formula is C59H37N5. The van der Waals surface area contributed by atoms with Crippen molar-refractivity contribution in [2.75, 3.05) is 0 Å². The first kappa shape index (κ1) is 36.0. The molecule has 3 aromatic heterocycles. The van der Waals surface area contributed by atoms with E-state index in [4.69, 9.17) is 15.0 Å². The predicted molar refractivity (Wildman–Crippen MR) is 265 cm³/mol. The molecule has 0 saturated carbocycles. The standard InChI is InChI=1S/C59H37N5/c1-3-16-38(17-4-1)39-32-34-40(35-33-39)57-60-58(62-59(61-57)49-27-15-31-54-56(49)48-23-10-12-29-53(48)63(54)43-20-5-2-6-21-43)47-26-13-25-45-44(47)24-14-30-52(45)64-51-28-11-9-22-46(51)50-36-41-18-7-8-19-42(41)37-55(50)64/h1-37H. The van der Waals surface area contributed by atoms with Gasteiger partial charge in [-0.05, 0) is 75.8 Å². The van der Waals surface area contributed by atoms with Crippen molar-refractivity contribution >= 4 is 65.2 Å². The number of aromatic nitrogens is 5. The summed E-state index contributed by atoms with van der Waals surface area (Å²) in [5, 5.41) is 9.32. The fraction of sp³-hybridized carbons (Fsp3) is 0. The van der Waals surface area contributed by atoms with Gasteiger partial charge in [0, 0.05) is 49.3 Å². The average Bonchev–Trinajstić information content (AvgIpc) is 3.88. The molecule has 5 heteroatoms. The highest BCUT2D eigenvalue weighted by Gasteiger charge is 2.22. The highest BCUT2D eigenvalue weighted by molar-refractivity contribution is 6.16. The lowest BCUT2D eigenvalue weighted by Gasteiger charge is -2.15. The molecule has 13 aromatic rings. The Hall–Kier alpha value is -8.67. The third-order valence-electron chi connectivity index (χ3n) is 12.8. The molecule has 0 atom stereocenters. The van der Waals surface area contributed by atoms with E-state index in [-0.39, 0.29) is 0 Å². The number of benzene rings is 10. The molecule has 0 radical (unpaired) electrons. The number of hydrogen-bond acceptors (Lipinski definition) is 3. The molecule has 3 heterocycles. The number of hydrogen-bond donors (Lipinski definition) is 0. The summed E-state index contributed by atoms with van der Waals surface area (Å²) in [5.41, 5.74) is 11.9. The minimum atomic E-state index is 0.617. The molecule has 5 nitrogen and oxygen atoms in total. The van der Waals surface area contributed by atoms with Gasteiger partial charge in [-0.2, -0.15) is 0 Å². The normalized spacial score (nSPS) is 11.8. The van der Waals surface area contributed by atoms with E-state index in [0.717, 1.165) is 77.3 Å². The Kier molecular flexibility index (Phi) is 8.15. The first-order valence-electron chi connectivity index (χ1n) is 21.7. The van der Waals surface area contributed by atoms with E-state index in [1.807, 2.05) is 6.07 Å². The predicted octanol–water partition coefficient (Wildman–Crippen LogP) is 15.0. The summed E-state index contributed by atoms with van der Waals surface area (Å²) in [6.45, 7) is 0. The molecule has 298 valence electrons. The fourth-order valence-corrected chi connectivity index (χ4v) is 9.85. The first-order valence-corrected chi connectivity index (χ1v) is 21.7. The summed E-state index contributed by atoms with van der Waals surface area (Å²) in [7, 11) is 0. The summed E-state index contributed by atoms with van der Waals surface area (Å²) >= 11 is 0. The Morgan fingerprint density at radius 2 is 0.812 bits per heavy atom. The second-order valence-electron chi connectivity index (χ2n) is 16.4. The highest BCUT2D eigenvalue weighted by atomic mass is 15.0. The van der Waals surface area contributed by atoms with Gasteiger partial charge in [-0.3, -0.25) is 0 Å². The Morgan fingerprint density at radius 1 is 0.281 bits per heavy atom. The zero-order valence-electron chi connectivity index (χ0n) is 34.6. The van der Waals surface area contributed by atoms with Gasteiger partial charge in [0.1, 0.15) is 0 Å². The van der Waals surface area contributed by atoms with Gasteiger partial charge in [-0.15, -0.1) is 0 Å². The maximum Gasteiger partial charge on any atom is 0.164 e. The van der Waals surface area contributed by atoms with Crippen molar-refractivity contribution in [3.8, 4) is 56.7 Å². The molecule has 0 bridgehead atoms. The Bertz CT molecular complexity index is 3940. The van der Waals surface area contributed by atoms with Crippen molar-refractivity contribution < 1.29 is 0 Å². The molecule has 0 saturated heterocycles. The van der Waals surface area contributed by atoms with E-state index in [1.165, 1.54) is 27.1 Å². The smallest absolute Gasteiger partial charge is 0.164 e. The quantitative estimate of drug-likeness (QED) is 0.168. The molecule has 0 aliphatic rings. The van der Waals surface area contributed by atoms with Crippen molar-refractivity contribution in [1.29, 1.82) is 0 Å². The summed E-state index contributed by atoms with van der Waals surface area (Å²) in [4.78, 5) is 16.1. The Labute approximate surface area is 368 Å². The lowest BCUT2D eigenvalue weighted by atomic mass is 10.0. The number of para-hydroxylation sites is 3. The van der Waals surface area contributed by atoms with Gasteiger partial charge in [0.2, 0.25) is 0 Å². The Balaban J connectivity index is 1.05. The SMILES string of the molecule is c1ccc(-c2ccc(-c3nc(-c4cccc5c(-n6c7ccccc7c7cc8ccccc8cc76)cccc45)nc(-c4cccc5c4c4ccccc4n5-c4ccccc4)n3)cc2)cc1.